The summed E-state index contributed by atoms with van der Waals surface area (Å²) in [6.07, 6.45) is 5.38. The number of carbonyl (C=O) groups is 1. The first-order chi connectivity index (χ1) is 7.63. The van der Waals surface area contributed by atoms with E-state index in [1.807, 2.05) is 0 Å². The summed E-state index contributed by atoms with van der Waals surface area (Å²) in [5.74, 6) is 1.51. The fourth-order valence-electron chi connectivity index (χ4n) is 2.44. The molecule has 0 aromatic heterocycles. The van der Waals surface area contributed by atoms with Crippen LogP contribution in [0.3, 0.4) is 0 Å². The lowest BCUT2D eigenvalue weighted by molar-refractivity contribution is -0.140. The molecule has 0 amide bonds. The molecule has 0 aromatic carbocycles. The number of carbonyl (C=O) groups excluding carboxylic acids is 1. The smallest absolute Gasteiger partial charge is 0.305 e. The number of hydrogen-bond donors (Lipinski definition) is 1. The predicted octanol–water partition coefficient (Wildman–Crippen LogP) is 2.35. The number of ether oxygens (including phenoxy) is 1. The van der Waals surface area contributed by atoms with Gasteiger partial charge in [-0.2, -0.15) is 0 Å². The van der Waals surface area contributed by atoms with Crippen LogP contribution in [0.25, 0.3) is 0 Å². The van der Waals surface area contributed by atoms with Crippen molar-refractivity contribution in [1.29, 1.82) is 0 Å². The Morgan fingerprint density at radius 2 is 2.12 bits per heavy atom. The van der Waals surface area contributed by atoms with Crippen molar-refractivity contribution in [3.63, 3.8) is 0 Å². The van der Waals surface area contributed by atoms with Gasteiger partial charge < -0.3 is 10.1 Å². The summed E-state index contributed by atoms with van der Waals surface area (Å²) >= 11 is 0. The van der Waals surface area contributed by atoms with E-state index in [0.717, 1.165) is 24.8 Å². The fraction of sp³-hybridized carbons (Fsp3) is 0.923. The predicted molar refractivity (Wildman–Crippen MR) is 65.2 cm³/mol. The van der Waals surface area contributed by atoms with Gasteiger partial charge in [-0.1, -0.05) is 20.3 Å². The molecule has 3 heteroatoms. The van der Waals surface area contributed by atoms with Crippen molar-refractivity contribution in [2.45, 2.75) is 52.0 Å². The molecule has 1 aliphatic carbocycles. The van der Waals surface area contributed by atoms with Gasteiger partial charge in [0, 0.05) is 12.5 Å². The molecule has 1 aliphatic rings. The second kappa shape index (κ2) is 6.89. The largest absolute Gasteiger partial charge is 0.469 e. The first-order valence-electron chi connectivity index (χ1n) is 6.43. The van der Waals surface area contributed by atoms with Crippen LogP contribution in [-0.4, -0.2) is 25.7 Å². The Kier molecular flexibility index (Phi) is 5.81. The number of rotatable bonds is 5. The first-order valence-corrected chi connectivity index (χ1v) is 6.43. The molecule has 0 heterocycles. The Morgan fingerprint density at radius 1 is 1.38 bits per heavy atom. The second-order valence-corrected chi connectivity index (χ2v) is 5.14. The van der Waals surface area contributed by atoms with Crippen molar-refractivity contribution in [2.24, 2.45) is 11.8 Å². The second-order valence-electron chi connectivity index (χ2n) is 5.14. The van der Waals surface area contributed by atoms with Crippen LogP contribution >= 0.6 is 0 Å². The topological polar surface area (TPSA) is 38.3 Å². The molecule has 1 saturated carbocycles. The van der Waals surface area contributed by atoms with Crippen molar-refractivity contribution >= 4 is 5.97 Å². The van der Waals surface area contributed by atoms with Gasteiger partial charge in [0.1, 0.15) is 0 Å². The lowest BCUT2D eigenvalue weighted by Gasteiger charge is -2.33. The van der Waals surface area contributed by atoms with Crippen molar-refractivity contribution in [3.05, 3.63) is 0 Å². The molecule has 3 atom stereocenters. The van der Waals surface area contributed by atoms with Gasteiger partial charge in [-0.3, -0.25) is 4.79 Å². The van der Waals surface area contributed by atoms with Crippen molar-refractivity contribution in [2.75, 3.05) is 13.7 Å². The minimum absolute atomic E-state index is 0.105. The highest BCUT2D eigenvalue weighted by atomic mass is 16.5. The van der Waals surface area contributed by atoms with Crippen LogP contribution < -0.4 is 5.32 Å². The van der Waals surface area contributed by atoms with E-state index in [1.165, 1.54) is 26.4 Å². The molecule has 3 unspecified atom stereocenters. The minimum Gasteiger partial charge on any atom is -0.469 e. The third-order valence-electron chi connectivity index (χ3n) is 3.65. The van der Waals surface area contributed by atoms with E-state index in [0.29, 0.717) is 12.5 Å². The summed E-state index contributed by atoms with van der Waals surface area (Å²) < 4.78 is 4.61. The van der Waals surface area contributed by atoms with Crippen LogP contribution in [-0.2, 0) is 9.53 Å². The quantitative estimate of drug-likeness (QED) is 0.579. The van der Waals surface area contributed by atoms with Crippen LogP contribution in [0, 0.1) is 11.8 Å². The summed E-state index contributed by atoms with van der Waals surface area (Å²) in [5.41, 5.74) is 0. The Hall–Kier alpha value is -0.570. The maximum absolute atomic E-state index is 10.9. The van der Waals surface area contributed by atoms with Gasteiger partial charge in [-0.05, 0) is 37.6 Å². The van der Waals surface area contributed by atoms with E-state index in [-0.39, 0.29) is 5.97 Å². The van der Waals surface area contributed by atoms with Crippen LogP contribution in [0.15, 0.2) is 0 Å². The summed E-state index contributed by atoms with van der Waals surface area (Å²) in [4.78, 5) is 10.9. The SMILES string of the molecule is COC(=O)CCCNC1CC(C)CCC1C. The minimum atomic E-state index is -0.105. The number of hydrogen-bond acceptors (Lipinski definition) is 3. The molecule has 1 N–H and O–H groups in total. The van der Waals surface area contributed by atoms with E-state index in [1.54, 1.807) is 0 Å². The summed E-state index contributed by atoms with van der Waals surface area (Å²) in [7, 11) is 1.45. The maximum Gasteiger partial charge on any atom is 0.305 e. The monoisotopic (exact) mass is 227 g/mol. The summed E-state index contributed by atoms with van der Waals surface area (Å²) in [5, 5.41) is 3.57. The molecule has 0 saturated heterocycles. The van der Waals surface area contributed by atoms with E-state index < -0.39 is 0 Å². The van der Waals surface area contributed by atoms with Crippen LogP contribution in [0.2, 0.25) is 0 Å². The molecular formula is C13H25NO2. The highest BCUT2D eigenvalue weighted by molar-refractivity contribution is 5.69. The van der Waals surface area contributed by atoms with E-state index in [2.05, 4.69) is 23.9 Å². The van der Waals surface area contributed by atoms with Gasteiger partial charge >= 0.3 is 5.97 Å². The van der Waals surface area contributed by atoms with Crippen molar-refractivity contribution in [3.8, 4) is 0 Å². The van der Waals surface area contributed by atoms with Gasteiger partial charge in [-0.25, -0.2) is 0 Å². The molecule has 0 bridgehead atoms. The van der Waals surface area contributed by atoms with Gasteiger partial charge in [0.15, 0.2) is 0 Å². The molecule has 0 radical (unpaired) electrons. The van der Waals surface area contributed by atoms with Crippen LogP contribution in [0.1, 0.15) is 46.0 Å². The third kappa shape index (κ3) is 4.52. The van der Waals surface area contributed by atoms with Crippen molar-refractivity contribution in [1.82, 2.24) is 5.32 Å². The Bertz CT molecular complexity index is 218. The van der Waals surface area contributed by atoms with Gasteiger partial charge in [0.05, 0.1) is 7.11 Å². The van der Waals surface area contributed by atoms with E-state index >= 15 is 0 Å². The molecule has 3 nitrogen and oxygen atoms in total. The number of esters is 1. The van der Waals surface area contributed by atoms with Gasteiger partial charge in [-0.15, -0.1) is 0 Å². The highest BCUT2D eigenvalue weighted by Gasteiger charge is 2.24. The van der Waals surface area contributed by atoms with Crippen molar-refractivity contribution < 1.29 is 9.53 Å². The standard InChI is InChI=1S/C13H25NO2/c1-10-6-7-11(2)12(9-10)14-8-4-5-13(15)16-3/h10-12,14H,4-9H2,1-3H3. The number of nitrogens with one attached hydrogen (secondary N) is 1. The Morgan fingerprint density at radius 3 is 2.81 bits per heavy atom. The average Bonchev–Trinajstić information content (AvgIpc) is 2.28. The third-order valence-corrected chi connectivity index (χ3v) is 3.65. The molecule has 0 aromatic rings. The average molecular weight is 227 g/mol. The molecule has 0 spiro atoms. The molecule has 0 aliphatic heterocycles. The lowest BCUT2D eigenvalue weighted by Crippen LogP contribution is -2.40. The Balaban J connectivity index is 2.13. The number of methoxy groups -OCH3 is 1. The molecule has 94 valence electrons. The first kappa shape index (κ1) is 13.5. The fourth-order valence-corrected chi connectivity index (χ4v) is 2.44. The van der Waals surface area contributed by atoms with Crippen LogP contribution in [0.5, 0.6) is 0 Å². The normalized spacial score (nSPS) is 30.1. The maximum atomic E-state index is 10.9. The van der Waals surface area contributed by atoms with Gasteiger partial charge in [0.2, 0.25) is 0 Å². The summed E-state index contributed by atoms with van der Waals surface area (Å²) in [6.45, 7) is 5.58. The van der Waals surface area contributed by atoms with E-state index in [4.69, 9.17) is 0 Å². The lowest BCUT2D eigenvalue weighted by atomic mass is 9.80. The molecule has 16 heavy (non-hydrogen) atoms. The molecule has 1 rings (SSSR count). The summed E-state index contributed by atoms with van der Waals surface area (Å²) in [6, 6.07) is 0.640. The van der Waals surface area contributed by atoms with Crippen LogP contribution in [0.4, 0.5) is 0 Å². The zero-order valence-electron chi connectivity index (χ0n) is 10.8. The molecular weight excluding hydrogens is 202 g/mol. The highest BCUT2D eigenvalue weighted by Crippen LogP contribution is 2.28. The zero-order chi connectivity index (χ0) is 12.0. The zero-order valence-corrected chi connectivity index (χ0v) is 10.8. The molecule has 1 fully saturated rings. The van der Waals surface area contributed by atoms with Gasteiger partial charge in [0.25, 0.3) is 0 Å². The Labute approximate surface area is 98.9 Å². The van der Waals surface area contributed by atoms with E-state index in [9.17, 15) is 4.79 Å².